The van der Waals surface area contributed by atoms with Gasteiger partial charge in [-0.2, -0.15) is 0 Å². The minimum Gasteiger partial charge on any atom is -0.352 e. The summed E-state index contributed by atoms with van der Waals surface area (Å²) in [4.78, 5) is 12.0. The van der Waals surface area contributed by atoms with Gasteiger partial charge in [0.2, 0.25) is 5.91 Å². The first-order chi connectivity index (χ1) is 10.7. The lowest BCUT2D eigenvalue weighted by molar-refractivity contribution is -0.121. The van der Waals surface area contributed by atoms with Crippen molar-refractivity contribution in [1.82, 2.24) is 10.6 Å². The molecule has 3 rings (SSSR count). The average molecular weight is 331 g/mol. The van der Waals surface area contributed by atoms with Crippen molar-refractivity contribution >= 4 is 18.3 Å². The van der Waals surface area contributed by atoms with Crippen LogP contribution < -0.4 is 10.6 Å². The van der Waals surface area contributed by atoms with E-state index in [1.54, 1.807) is 0 Å². The normalized spacial score (nSPS) is 12.4. The number of hydrogen-bond donors (Lipinski definition) is 2. The predicted octanol–water partition coefficient (Wildman–Crippen LogP) is 3.27. The van der Waals surface area contributed by atoms with Gasteiger partial charge < -0.3 is 10.6 Å². The largest absolute Gasteiger partial charge is 0.352 e. The molecule has 1 aliphatic heterocycles. The molecule has 3 nitrogen and oxygen atoms in total. The van der Waals surface area contributed by atoms with Crippen molar-refractivity contribution in [3.63, 3.8) is 0 Å². The molecule has 2 aromatic carbocycles. The third-order valence-electron chi connectivity index (χ3n) is 4.11. The number of rotatable bonds is 5. The molecule has 1 aliphatic rings. The van der Waals surface area contributed by atoms with Crippen molar-refractivity contribution in [2.75, 3.05) is 0 Å². The summed E-state index contributed by atoms with van der Waals surface area (Å²) in [6.45, 7) is 4.58. The molecule has 23 heavy (non-hydrogen) atoms. The highest BCUT2D eigenvalue weighted by Gasteiger charge is 2.10. The van der Waals surface area contributed by atoms with Gasteiger partial charge in [-0.25, -0.2) is 0 Å². The second-order valence-corrected chi connectivity index (χ2v) is 5.97. The first kappa shape index (κ1) is 17.5. The maximum absolute atomic E-state index is 12.0. The first-order valence-electron chi connectivity index (χ1n) is 7.84. The highest BCUT2D eigenvalue weighted by Crippen LogP contribution is 2.17. The van der Waals surface area contributed by atoms with Crippen molar-refractivity contribution in [2.45, 2.75) is 39.4 Å². The summed E-state index contributed by atoms with van der Waals surface area (Å²) in [5.41, 5.74) is 6.36. The lowest BCUT2D eigenvalue weighted by Gasteiger charge is -2.07. The molecule has 0 atom stereocenters. The Bertz CT molecular complexity index is 685. The molecule has 0 aliphatic carbocycles. The fourth-order valence-corrected chi connectivity index (χ4v) is 2.87. The monoisotopic (exact) mass is 330 g/mol. The molecule has 122 valence electrons. The van der Waals surface area contributed by atoms with Crippen LogP contribution in [0.25, 0.3) is 0 Å². The molecule has 2 aromatic rings. The number of fused-ring (bicyclic) bond motifs is 1. The van der Waals surface area contributed by atoms with Crippen molar-refractivity contribution < 1.29 is 4.79 Å². The summed E-state index contributed by atoms with van der Waals surface area (Å²) in [6.07, 6.45) is 1.33. The fourth-order valence-electron chi connectivity index (χ4n) is 2.87. The molecular formula is C19H23ClN2O. The quantitative estimate of drug-likeness (QED) is 0.883. The number of aryl methyl sites for hydroxylation is 2. The molecule has 0 fully saturated rings. The zero-order chi connectivity index (χ0) is 15.4. The van der Waals surface area contributed by atoms with Crippen LogP contribution in [0.3, 0.4) is 0 Å². The topological polar surface area (TPSA) is 41.1 Å². The Balaban J connectivity index is 0.00000192. The van der Waals surface area contributed by atoms with E-state index in [1.807, 2.05) is 6.07 Å². The molecule has 0 saturated heterocycles. The minimum atomic E-state index is 0. The van der Waals surface area contributed by atoms with Gasteiger partial charge in [-0.05, 0) is 35.6 Å². The van der Waals surface area contributed by atoms with Crippen molar-refractivity contribution in [1.29, 1.82) is 0 Å². The lowest BCUT2D eigenvalue weighted by atomic mass is 10.1. The smallest absolute Gasteiger partial charge is 0.220 e. The molecule has 0 saturated carbocycles. The van der Waals surface area contributed by atoms with Crippen LogP contribution in [-0.2, 0) is 30.8 Å². The van der Waals surface area contributed by atoms with Crippen molar-refractivity contribution in [3.8, 4) is 0 Å². The fraction of sp³-hybridized carbons (Fsp3) is 0.316. The Morgan fingerprint density at radius 3 is 2.74 bits per heavy atom. The third kappa shape index (κ3) is 4.81. The number of carbonyl (C=O) groups excluding carboxylic acids is 1. The maximum atomic E-state index is 12.0. The lowest BCUT2D eigenvalue weighted by Crippen LogP contribution is -2.23. The van der Waals surface area contributed by atoms with Crippen molar-refractivity contribution in [2.24, 2.45) is 0 Å². The Kier molecular flexibility index (Phi) is 6.20. The molecule has 0 unspecified atom stereocenters. The summed E-state index contributed by atoms with van der Waals surface area (Å²) in [6, 6.07) is 14.8. The van der Waals surface area contributed by atoms with Crippen LogP contribution in [-0.4, -0.2) is 5.91 Å². The van der Waals surface area contributed by atoms with Crippen LogP contribution in [0.15, 0.2) is 42.5 Å². The Hall–Kier alpha value is -1.84. The number of carbonyl (C=O) groups is 1. The minimum absolute atomic E-state index is 0. The van der Waals surface area contributed by atoms with E-state index in [1.165, 1.54) is 27.8 Å². The van der Waals surface area contributed by atoms with Gasteiger partial charge in [-0.3, -0.25) is 4.79 Å². The standard InChI is InChI=1S/C19H22N2O.ClH/c1-14-3-2-4-15(9-14)6-8-19(22)21-11-16-5-7-17-12-20-13-18(17)10-16;/h2-5,7,9-10,20H,6,8,11-13H2,1H3,(H,21,22);1H. The van der Waals surface area contributed by atoms with Gasteiger partial charge in [0.25, 0.3) is 0 Å². The van der Waals surface area contributed by atoms with E-state index in [0.29, 0.717) is 13.0 Å². The van der Waals surface area contributed by atoms with Gasteiger partial charge in [0.05, 0.1) is 0 Å². The van der Waals surface area contributed by atoms with Crippen LogP contribution in [0.4, 0.5) is 0 Å². The number of hydrogen-bond acceptors (Lipinski definition) is 2. The van der Waals surface area contributed by atoms with Crippen LogP contribution in [0.1, 0.15) is 34.2 Å². The number of nitrogens with one attached hydrogen (secondary N) is 2. The van der Waals surface area contributed by atoms with Gasteiger partial charge in [0.1, 0.15) is 0 Å². The van der Waals surface area contributed by atoms with Gasteiger partial charge >= 0.3 is 0 Å². The molecule has 1 amide bonds. The van der Waals surface area contributed by atoms with Gasteiger partial charge in [-0.1, -0.05) is 48.0 Å². The highest BCUT2D eigenvalue weighted by atomic mass is 35.5. The summed E-state index contributed by atoms with van der Waals surface area (Å²) in [7, 11) is 0. The first-order valence-corrected chi connectivity index (χ1v) is 7.84. The third-order valence-corrected chi connectivity index (χ3v) is 4.11. The average Bonchev–Trinajstić information content (AvgIpc) is 2.98. The van der Waals surface area contributed by atoms with E-state index in [2.05, 4.69) is 54.0 Å². The Morgan fingerprint density at radius 2 is 1.91 bits per heavy atom. The number of halogens is 1. The molecule has 0 aromatic heterocycles. The zero-order valence-electron chi connectivity index (χ0n) is 13.4. The second-order valence-electron chi connectivity index (χ2n) is 5.97. The Morgan fingerprint density at radius 1 is 1.09 bits per heavy atom. The van der Waals surface area contributed by atoms with E-state index in [-0.39, 0.29) is 18.3 Å². The van der Waals surface area contributed by atoms with Crippen molar-refractivity contribution in [3.05, 3.63) is 70.3 Å². The number of amides is 1. The SMILES string of the molecule is Cc1cccc(CCC(=O)NCc2ccc3c(c2)CNC3)c1.Cl. The zero-order valence-corrected chi connectivity index (χ0v) is 14.2. The van der Waals surface area contributed by atoms with Crippen LogP contribution in [0.5, 0.6) is 0 Å². The summed E-state index contributed by atoms with van der Waals surface area (Å²) < 4.78 is 0. The van der Waals surface area contributed by atoms with E-state index < -0.39 is 0 Å². The van der Waals surface area contributed by atoms with E-state index in [4.69, 9.17) is 0 Å². The van der Waals surface area contributed by atoms with Gasteiger partial charge in [-0.15, -0.1) is 12.4 Å². The van der Waals surface area contributed by atoms with E-state index in [9.17, 15) is 4.79 Å². The van der Waals surface area contributed by atoms with Gasteiger partial charge in [0.15, 0.2) is 0 Å². The van der Waals surface area contributed by atoms with E-state index >= 15 is 0 Å². The highest BCUT2D eigenvalue weighted by molar-refractivity contribution is 5.85. The molecule has 2 N–H and O–H groups in total. The molecular weight excluding hydrogens is 308 g/mol. The molecule has 0 bridgehead atoms. The molecule has 1 heterocycles. The van der Waals surface area contributed by atoms with Crippen LogP contribution >= 0.6 is 12.4 Å². The van der Waals surface area contributed by atoms with Crippen LogP contribution in [0.2, 0.25) is 0 Å². The Labute approximate surface area is 143 Å². The van der Waals surface area contributed by atoms with E-state index in [0.717, 1.165) is 19.5 Å². The molecule has 0 radical (unpaired) electrons. The maximum Gasteiger partial charge on any atom is 0.220 e. The number of benzene rings is 2. The summed E-state index contributed by atoms with van der Waals surface area (Å²) in [5, 5.41) is 6.35. The van der Waals surface area contributed by atoms with Crippen LogP contribution in [0, 0.1) is 6.92 Å². The second kappa shape index (κ2) is 8.14. The summed E-state index contributed by atoms with van der Waals surface area (Å²) in [5.74, 6) is 0.111. The van der Waals surface area contributed by atoms with Gasteiger partial charge in [0, 0.05) is 26.1 Å². The summed E-state index contributed by atoms with van der Waals surface area (Å²) >= 11 is 0. The predicted molar refractivity (Wildman–Crippen MR) is 95.6 cm³/mol. The molecule has 4 heteroatoms. The molecule has 0 spiro atoms.